The highest BCUT2D eigenvalue weighted by Crippen LogP contribution is 2.20. The first kappa shape index (κ1) is 15.2. The van der Waals surface area contributed by atoms with Crippen molar-refractivity contribution in [1.29, 1.82) is 0 Å². The molecule has 0 saturated heterocycles. The lowest BCUT2D eigenvalue weighted by Crippen LogP contribution is -2.42. The van der Waals surface area contributed by atoms with Gasteiger partial charge in [0.25, 0.3) is 0 Å². The molecular weight excluding hydrogens is 224 g/mol. The van der Waals surface area contributed by atoms with Crippen LogP contribution in [0.1, 0.15) is 37.0 Å². The summed E-state index contributed by atoms with van der Waals surface area (Å²) < 4.78 is 5.47. The fourth-order valence-corrected chi connectivity index (χ4v) is 2.15. The van der Waals surface area contributed by atoms with Crippen molar-refractivity contribution in [3.8, 4) is 0 Å². The summed E-state index contributed by atoms with van der Waals surface area (Å²) in [5.74, 6) is 5.67. The standard InChI is InChI=1S/C15H26N2O/c1-11-6-7-12(2)13(8-11)9-14(17-16)10-15(3,4)18-5/h6-8,14,17H,9-10,16H2,1-5H3. The fraction of sp³-hybridized carbons (Fsp3) is 0.600. The number of hydrogen-bond donors (Lipinski definition) is 2. The summed E-state index contributed by atoms with van der Waals surface area (Å²) in [5.41, 5.74) is 6.71. The van der Waals surface area contributed by atoms with Crippen LogP contribution in [0.15, 0.2) is 18.2 Å². The Balaban J connectivity index is 2.77. The molecule has 1 unspecified atom stereocenters. The number of hydrazine groups is 1. The van der Waals surface area contributed by atoms with Crippen molar-refractivity contribution in [2.45, 2.75) is 52.2 Å². The van der Waals surface area contributed by atoms with Crippen molar-refractivity contribution < 1.29 is 4.74 Å². The number of aryl methyl sites for hydroxylation is 2. The predicted molar refractivity (Wildman–Crippen MR) is 76.4 cm³/mol. The second-order valence-corrected chi connectivity index (χ2v) is 5.67. The summed E-state index contributed by atoms with van der Waals surface area (Å²) in [6.45, 7) is 8.43. The molecule has 0 spiro atoms. The van der Waals surface area contributed by atoms with Gasteiger partial charge in [0.2, 0.25) is 0 Å². The molecule has 102 valence electrons. The summed E-state index contributed by atoms with van der Waals surface area (Å²) in [4.78, 5) is 0. The molecule has 0 aliphatic rings. The van der Waals surface area contributed by atoms with Gasteiger partial charge in [-0.05, 0) is 51.7 Å². The molecule has 0 amide bonds. The maximum absolute atomic E-state index is 5.67. The Morgan fingerprint density at radius 3 is 2.56 bits per heavy atom. The molecule has 0 fully saturated rings. The average Bonchev–Trinajstić information content (AvgIpc) is 2.32. The molecule has 3 heteroatoms. The van der Waals surface area contributed by atoms with E-state index in [4.69, 9.17) is 10.6 Å². The third-order valence-electron chi connectivity index (χ3n) is 3.50. The van der Waals surface area contributed by atoms with Gasteiger partial charge in [-0.1, -0.05) is 23.8 Å². The monoisotopic (exact) mass is 250 g/mol. The average molecular weight is 250 g/mol. The highest BCUT2D eigenvalue weighted by molar-refractivity contribution is 5.31. The largest absolute Gasteiger partial charge is 0.379 e. The van der Waals surface area contributed by atoms with Crippen LogP contribution < -0.4 is 11.3 Å². The van der Waals surface area contributed by atoms with Crippen LogP contribution in [0.5, 0.6) is 0 Å². The molecule has 0 aliphatic heterocycles. The van der Waals surface area contributed by atoms with E-state index in [2.05, 4.69) is 51.3 Å². The molecule has 0 saturated carbocycles. The van der Waals surface area contributed by atoms with Gasteiger partial charge in [0.05, 0.1) is 5.60 Å². The van der Waals surface area contributed by atoms with Crippen LogP contribution in [-0.4, -0.2) is 18.8 Å². The van der Waals surface area contributed by atoms with Crippen molar-refractivity contribution in [2.75, 3.05) is 7.11 Å². The van der Waals surface area contributed by atoms with E-state index in [9.17, 15) is 0 Å². The zero-order valence-electron chi connectivity index (χ0n) is 12.2. The molecule has 3 nitrogen and oxygen atoms in total. The second-order valence-electron chi connectivity index (χ2n) is 5.67. The van der Waals surface area contributed by atoms with Crippen LogP contribution in [0.25, 0.3) is 0 Å². The molecule has 1 rings (SSSR count). The lowest BCUT2D eigenvalue weighted by Gasteiger charge is -2.28. The van der Waals surface area contributed by atoms with Crippen LogP contribution in [-0.2, 0) is 11.2 Å². The molecule has 0 aromatic heterocycles. The topological polar surface area (TPSA) is 47.3 Å². The van der Waals surface area contributed by atoms with Gasteiger partial charge < -0.3 is 4.74 Å². The third kappa shape index (κ3) is 4.41. The Labute approximate surface area is 111 Å². The summed E-state index contributed by atoms with van der Waals surface area (Å²) in [7, 11) is 1.74. The molecule has 0 radical (unpaired) electrons. The van der Waals surface area contributed by atoms with Gasteiger partial charge in [-0.25, -0.2) is 0 Å². The van der Waals surface area contributed by atoms with E-state index in [1.807, 2.05) is 0 Å². The molecule has 1 aromatic carbocycles. The number of nitrogens with two attached hydrogens (primary N) is 1. The Hall–Kier alpha value is -0.900. The van der Waals surface area contributed by atoms with Crippen LogP contribution in [0.4, 0.5) is 0 Å². The van der Waals surface area contributed by atoms with Crippen molar-refractivity contribution in [2.24, 2.45) is 5.84 Å². The van der Waals surface area contributed by atoms with Gasteiger partial charge in [0.1, 0.15) is 0 Å². The lowest BCUT2D eigenvalue weighted by molar-refractivity contribution is 0.00709. The van der Waals surface area contributed by atoms with Crippen molar-refractivity contribution in [1.82, 2.24) is 5.43 Å². The zero-order chi connectivity index (χ0) is 13.8. The highest BCUT2D eigenvalue weighted by Gasteiger charge is 2.22. The van der Waals surface area contributed by atoms with E-state index in [1.165, 1.54) is 16.7 Å². The number of nitrogens with one attached hydrogen (secondary N) is 1. The number of hydrogen-bond acceptors (Lipinski definition) is 3. The normalized spacial score (nSPS) is 13.7. The quantitative estimate of drug-likeness (QED) is 0.602. The molecule has 0 bridgehead atoms. The predicted octanol–water partition coefficient (Wildman–Crippen LogP) is 2.49. The Morgan fingerprint density at radius 1 is 1.33 bits per heavy atom. The number of rotatable bonds is 6. The third-order valence-corrected chi connectivity index (χ3v) is 3.50. The summed E-state index contributed by atoms with van der Waals surface area (Å²) in [5, 5.41) is 0. The van der Waals surface area contributed by atoms with Crippen LogP contribution in [0, 0.1) is 13.8 Å². The van der Waals surface area contributed by atoms with Gasteiger partial charge in [-0.2, -0.15) is 0 Å². The van der Waals surface area contributed by atoms with E-state index in [-0.39, 0.29) is 11.6 Å². The van der Waals surface area contributed by atoms with E-state index < -0.39 is 0 Å². The van der Waals surface area contributed by atoms with Gasteiger partial charge >= 0.3 is 0 Å². The van der Waals surface area contributed by atoms with Gasteiger partial charge in [-0.15, -0.1) is 0 Å². The number of benzene rings is 1. The first-order valence-electron chi connectivity index (χ1n) is 6.45. The van der Waals surface area contributed by atoms with Gasteiger partial charge in [0.15, 0.2) is 0 Å². The fourth-order valence-electron chi connectivity index (χ4n) is 2.15. The molecule has 0 heterocycles. The molecule has 0 aliphatic carbocycles. The first-order valence-corrected chi connectivity index (χ1v) is 6.45. The maximum Gasteiger partial charge on any atom is 0.0638 e. The smallest absolute Gasteiger partial charge is 0.0638 e. The molecule has 18 heavy (non-hydrogen) atoms. The molecule has 1 aromatic rings. The van der Waals surface area contributed by atoms with E-state index in [1.54, 1.807) is 7.11 Å². The zero-order valence-corrected chi connectivity index (χ0v) is 12.2. The number of methoxy groups -OCH3 is 1. The Kier molecular flexibility index (Phi) is 5.32. The van der Waals surface area contributed by atoms with Crippen molar-refractivity contribution in [3.05, 3.63) is 34.9 Å². The van der Waals surface area contributed by atoms with Crippen molar-refractivity contribution in [3.63, 3.8) is 0 Å². The lowest BCUT2D eigenvalue weighted by atomic mass is 9.92. The Bertz CT molecular complexity index is 388. The second kappa shape index (κ2) is 6.32. The van der Waals surface area contributed by atoms with E-state index in [0.717, 1.165) is 12.8 Å². The minimum Gasteiger partial charge on any atom is -0.379 e. The SMILES string of the molecule is COC(C)(C)CC(Cc1cc(C)ccc1C)NN. The van der Waals surface area contributed by atoms with Gasteiger partial charge in [-0.3, -0.25) is 11.3 Å². The Morgan fingerprint density at radius 2 is 2.00 bits per heavy atom. The van der Waals surface area contributed by atoms with E-state index >= 15 is 0 Å². The van der Waals surface area contributed by atoms with Crippen LogP contribution in [0.2, 0.25) is 0 Å². The van der Waals surface area contributed by atoms with Gasteiger partial charge in [0, 0.05) is 13.2 Å². The highest BCUT2D eigenvalue weighted by atomic mass is 16.5. The number of ether oxygens (including phenoxy) is 1. The summed E-state index contributed by atoms with van der Waals surface area (Å²) in [6.07, 6.45) is 1.81. The minimum atomic E-state index is -0.158. The molecule has 1 atom stereocenters. The van der Waals surface area contributed by atoms with Crippen LogP contribution >= 0.6 is 0 Å². The van der Waals surface area contributed by atoms with E-state index in [0.29, 0.717) is 0 Å². The van der Waals surface area contributed by atoms with Crippen molar-refractivity contribution >= 4 is 0 Å². The maximum atomic E-state index is 5.67. The van der Waals surface area contributed by atoms with Crippen LogP contribution in [0.3, 0.4) is 0 Å². The summed E-state index contributed by atoms with van der Waals surface area (Å²) >= 11 is 0. The first-order chi connectivity index (χ1) is 8.38. The minimum absolute atomic E-state index is 0.158. The summed E-state index contributed by atoms with van der Waals surface area (Å²) in [6, 6.07) is 6.77. The molecular formula is C15H26N2O. The molecule has 3 N–H and O–H groups in total.